The summed E-state index contributed by atoms with van der Waals surface area (Å²) in [6.45, 7) is 9.24. The second kappa shape index (κ2) is 12.4. The number of aromatic nitrogens is 2. The van der Waals surface area contributed by atoms with E-state index in [0.29, 0.717) is 13.2 Å². The molecule has 1 unspecified atom stereocenters. The van der Waals surface area contributed by atoms with Crippen molar-refractivity contribution in [1.82, 2.24) is 15.1 Å². The van der Waals surface area contributed by atoms with Crippen molar-refractivity contribution in [2.45, 2.75) is 32.5 Å². The first kappa shape index (κ1) is 22.0. The lowest BCUT2D eigenvalue weighted by atomic mass is 10.2. The highest BCUT2D eigenvalue weighted by Gasteiger charge is 2.11. The molecule has 0 spiro atoms. The van der Waals surface area contributed by atoms with E-state index >= 15 is 0 Å². The molecule has 23 heavy (non-hydrogen) atoms. The molecule has 2 rings (SSSR count). The number of nitrogens with zero attached hydrogens (tertiary/aromatic N) is 2. The maximum Gasteiger partial charge on any atom is 0.0932 e. The van der Waals surface area contributed by atoms with Gasteiger partial charge in [0.1, 0.15) is 0 Å². The Morgan fingerprint density at radius 3 is 2.39 bits per heavy atom. The molecule has 1 fully saturated rings. The van der Waals surface area contributed by atoms with Gasteiger partial charge in [0.05, 0.1) is 37.7 Å². The van der Waals surface area contributed by atoms with Crippen molar-refractivity contribution < 1.29 is 19.3 Å². The maximum absolute atomic E-state index is 8.89. The van der Waals surface area contributed by atoms with Gasteiger partial charge in [-0.3, -0.25) is 4.68 Å². The van der Waals surface area contributed by atoms with Gasteiger partial charge in [-0.05, 0) is 26.3 Å². The summed E-state index contributed by atoms with van der Waals surface area (Å²) in [4.78, 5) is 0. The summed E-state index contributed by atoms with van der Waals surface area (Å²) in [6.07, 6.45) is 4.07. The molecule has 1 aliphatic rings. The topological polar surface area (TPSA) is 77.8 Å². The van der Waals surface area contributed by atoms with Gasteiger partial charge in [0, 0.05) is 40.6 Å². The van der Waals surface area contributed by atoms with Crippen LogP contribution in [0, 0.1) is 6.92 Å². The highest BCUT2D eigenvalue weighted by Crippen LogP contribution is 1.98. The maximum atomic E-state index is 8.89. The number of methoxy groups -OCH3 is 2. The summed E-state index contributed by atoms with van der Waals surface area (Å²) in [6, 6.07) is 0. The van der Waals surface area contributed by atoms with E-state index in [9.17, 15) is 0 Å². The molecule has 0 saturated carbocycles. The molecule has 0 radical (unpaired) electrons. The van der Waals surface area contributed by atoms with Gasteiger partial charge >= 0.3 is 0 Å². The van der Waals surface area contributed by atoms with Crippen LogP contribution in [-0.4, -0.2) is 73.7 Å². The molecule has 7 nitrogen and oxygen atoms in total. The van der Waals surface area contributed by atoms with Crippen LogP contribution in [0.15, 0.2) is 12.4 Å². The lowest BCUT2D eigenvalue weighted by molar-refractivity contribution is -0.0188. The van der Waals surface area contributed by atoms with Crippen LogP contribution in [0.4, 0.5) is 0 Å². The van der Waals surface area contributed by atoms with E-state index in [1.807, 2.05) is 26.4 Å². The summed E-state index contributed by atoms with van der Waals surface area (Å²) in [5.74, 6) is 0. The molecule has 0 aromatic carbocycles. The van der Waals surface area contributed by atoms with E-state index in [-0.39, 0.29) is 6.10 Å². The number of morpholine rings is 1. The Morgan fingerprint density at radius 1 is 1.43 bits per heavy atom. The minimum atomic E-state index is -0.672. The summed E-state index contributed by atoms with van der Waals surface area (Å²) in [5, 5.41) is 16.0. The zero-order chi connectivity index (χ0) is 17.7. The average Bonchev–Trinajstić information content (AvgIpc) is 2.84. The van der Waals surface area contributed by atoms with E-state index in [1.165, 1.54) is 5.56 Å². The highest BCUT2D eigenvalue weighted by atomic mass is 16.5. The third kappa shape index (κ3) is 14.3. The van der Waals surface area contributed by atoms with E-state index in [0.717, 1.165) is 19.7 Å². The van der Waals surface area contributed by atoms with E-state index in [2.05, 4.69) is 15.2 Å². The first-order valence-corrected chi connectivity index (χ1v) is 7.76. The van der Waals surface area contributed by atoms with E-state index < -0.39 is 5.60 Å². The molecule has 2 heterocycles. The second-order valence-corrected chi connectivity index (χ2v) is 6.09. The zero-order valence-corrected chi connectivity index (χ0v) is 15.3. The van der Waals surface area contributed by atoms with Gasteiger partial charge < -0.3 is 24.6 Å². The first-order valence-electron chi connectivity index (χ1n) is 7.76. The Kier molecular flexibility index (Phi) is 11.9. The predicted molar refractivity (Wildman–Crippen MR) is 90.6 cm³/mol. The van der Waals surface area contributed by atoms with Crippen LogP contribution < -0.4 is 5.32 Å². The quantitative estimate of drug-likeness (QED) is 0.848. The molecule has 2 N–H and O–H groups in total. The molecule has 1 aliphatic heterocycles. The Hall–Kier alpha value is -0.990. The standard InChI is InChI=1S/C6H13NO2.C5H8N2.C5H12O2/c1-8-5-6-4-7-2-3-9-6;1-5-3-6-7(2)4-5;1-5(2,6)4-7-3/h6-7H,2-5H2,1H3;3-4H,1-2H3;6H,4H2,1-3H3. The minimum absolute atomic E-state index is 0.267. The Balaban J connectivity index is 0.000000320. The smallest absolute Gasteiger partial charge is 0.0932 e. The third-order valence-corrected chi connectivity index (χ3v) is 2.69. The lowest BCUT2D eigenvalue weighted by Gasteiger charge is -2.22. The number of hydrogen-bond donors (Lipinski definition) is 2. The van der Waals surface area contributed by atoms with Crippen LogP contribution in [0.3, 0.4) is 0 Å². The van der Waals surface area contributed by atoms with Crippen molar-refractivity contribution in [3.8, 4) is 0 Å². The molecular formula is C16H33N3O4. The summed E-state index contributed by atoms with van der Waals surface area (Å²) in [5.41, 5.74) is 0.539. The number of nitrogens with one attached hydrogen (secondary N) is 1. The van der Waals surface area contributed by atoms with Crippen molar-refractivity contribution >= 4 is 0 Å². The highest BCUT2D eigenvalue weighted by molar-refractivity contribution is 4.98. The van der Waals surface area contributed by atoms with Crippen molar-refractivity contribution in [3.63, 3.8) is 0 Å². The Morgan fingerprint density at radius 2 is 2.13 bits per heavy atom. The fraction of sp³-hybridized carbons (Fsp3) is 0.812. The summed E-state index contributed by atoms with van der Waals surface area (Å²) >= 11 is 0. The van der Waals surface area contributed by atoms with Gasteiger partial charge in [-0.1, -0.05) is 0 Å². The van der Waals surface area contributed by atoms with Crippen LogP contribution in [-0.2, 0) is 21.3 Å². The molecular weight excluding hydrogens is 298 g/mol. The van der Waals surface area contributed by atoms with Gasteiger partial charge in [0.15, 0.2) is 0 Å². The fourth-order valence-electron chi connectivity index (χ4n) is 1.81. The number of hydrogen-bond acceptors (Lipinski definition) is 6. The van der Waals surface area contributed by atoms with Crippen LogP contribution >= 0.6 is 0 Å². The van der Waals surface area contributed by atoms with Gasteiger partial charge in [0.2, 0.25) is 0 Å². The van der Waals surface area contributed by atoms with Gasteiger partial charge in [-0.25, -0.2) is 0 Å². The second-order valence-electron chi connectivity index (χ2n) is 6.09. The van der Waals surface area contributed by atoms with E-state index in [4.69, 9.17) is 14.6 Å². The monoisotopic (exact) mass is 331 g/mol. The largest absolute Gasteiger partial charge is 0.388 e. The van der Waals surface area contributed by atoms with Gasteiger partial charge in [-0.2, -0.15) is 5.10 Å². The zero-order valence-electron chi connectivity index (χ0n) is 15.3. The summed E-state index contributed by atoms with van der Waals surface area (Å²) in [7, 11) is 5.17. The lowest BCUT2D eigenvalue weighted by Crippen LogP contribution is -2.40. The van der Waals surface area contributed by atoms with Crippen molar-refractivity contribution in [3.05, 3.63) is 18.0 Å². The molecule has 7 heteroatoms. The normalized spacial score (nSPS) is 17.6. The SMILES string of the molecule is COCC(C)(C)O.COCC1CNCCO1.Cc1cnn(C)c1. The van der Waals surface area contributed by atoms with E-state index in [1.54, 1.807) is 32.7 Å². The molecule has 136 valence electrons. The van der Waals surface area contributed by atoms with Crippen LogP contribution in [0.5, 0.6) is 0 Å². The predicted octanol–water partition coefficient (Wildman–Crippen LogP) is 0.753. The molecule has 1 aromatic heterocycles. The van der Waals surface area contributed by atoms with Crippen LogP contribution in [0.2, 0.25) is 0 Å². The molecule has 1 aromatic rings. The first-order chi connectivity index (χ1) is 10.8. The van der Waals surface area contributed by atoms with Gasteiger partial charge in [-0.15, -0.1) is 0 Å². The number of aryl methyl sites for hydroxylation is 2. The molecule has 0 bridgehead atoms. The van der Waals surface area contributed by atoms with Crippen LogP contribution in [0.1, 0.15) is 19.4 Å². The van der Waals surface area contributed by atoms with Gasteiger partial charge in [0.25, 0.3) is 0 Å². The summed E-state index contributed by atoms with van der Waals surface area (Å²) < 4.78 is 16.7. The van der Waals surface area contributed by atoms with Crippen molar-refractivity contribution in [1.29, 1.82) is 0 Å². The number of aliphatic hydroxyl groups is 1. The fourth-order valence-corrected chi connectivity index (χ4v) is 1.81. The Labute approximate surface area is 139 Å². The Bertz CT molecular complexity index is 366. The van der Waals surface area contributed by atoms with Crippen molar-refractivity contribution in [2.24, 2.45) is 7.05 Å². The van der Waals surface area contributed by atoms with Crippen molar-refractivity contribution in [2.75, 3.05) is 47.1 Å². The van der Waals surface area contributed by atoms with Crippen LogP contribution in [0.25, 0.3) is 0 Å². The third-order valence-electron chi connectivity index (χ3n) is 2.69. The minimum Gasteiger partial charge on any atom is -0.388 e. The average molecular weight is 331 g/mol. The molecule has 0 aliphatic carbocycles. The molecule has 1 atom stereocenters. The number of ether oxygens (including phenoxy) is 3. The molecule has 0 amide bonds. The number of rotatable bonds is 4. The molecule has 1 saturated heterocycles.